The normalized spacial score (nSPS) is 11.8. The molecule has 1 aromatic carbocycles. The predicted molar refractivity (Wildman–Crippen MR) is 101 cm³/mol. The van der Waals surface area contributed by atoms with Gasteiger partial charge in [-0.2, -0.15) is 0 Å². The van der Waals surface area contributed by atoms with Gasteiger partial charge in [0, 0.05) is 11.6 Å². The van der Waals surface area contributed by atoms with Crippen LogP contribution in [-0.4, -0.2) is 34.6 Å². The van der Waals surface area contributed by atoms with E-state index in [2.05, 4.69) is 28.6 Å². The van der Waals surface area contributed by atoms with Crippen LogP contribution in [0.4, 0.5) is 0 Å². The Morgan fingerprint density at radius 3 is 2.58 bits per heavy atom. The fraction of sp³-hybridized carbons (Fsp3) is 0.368. The lowest BCUT2D eigenvalue weighted by Crippen LogP contribution is -2.14. The predicted octanol–water partition coefficient (Wildman–Crippen LogP) is 2.97. The van der Waals surface area contributed by atoms with Gasteiger partial charge in [0.05, 0.1) is 25.0 Å². The third kappa shape index (κ3) is 5.56. The third-order valence-electron chi connectivity index (χ3n) is 4.08. The summed E-state index contributed by atoms with van der Waals surface area (Å²) in [7, 11) is 1.27. The van der Waals surface area contributed by atoms with E-state index < -0.39 is 5.97 Å². The molecule has 6 nitrogen and oxygen atoms in total. The zero-order valence-corrected chi connectivity index (χ0v) is 15.9. The number of ether oxygens (including phenoxy) is 1. The molecule has 0 saturated heterocycles. The fourth-order valence-corrected chi connectivity index (χ4v) is 3.10. The maximum Gasteiger partial charge on any atom is 0.311 e. The largest absolute Gasteiger partial charge is 0.469 e. The molecule has 0 amide bonds. The number of nitrogens with zero attached hydrogens (tertiary/aromatic N) is 1. The highest BCUT2D eigenvalue weighted by atomic mass is 32.2. The Kier molecular flexibility index (Phi) is 7.15. The van der Waals surface area contributed by atoms with Crippen LogP contribution in [0.15, 0.2) is 40.3 Å². The minimum absolute atomic E-state index is 0.0493. The number of aromatic nitrogens is 2. The first kappa shape index (κ1) is 19.9. The molecule has 1 aromatic heterocycles. The van der Waals surface area contributed by atoms with E-state index in [1.165, 1.54) is 18.7 Å². The second-order valence-electron chi connectivity index (χ2n) is 5.94. The molecule has 7 heteroatoms. The van der Waals surface area contributed by atoms with Crippen molar-refractivity contribution in [1.29, 1.82) is 0 Å². The summed E-state index contributed by atoms with van der Waals surface area (Å²) in [6.07, 6.45) is 0.961. The molecular formula is C19H22N2O4S. The van der Waals surface area contributed by atoms with Gasteiger partial charge in [-0.3, -0.25) is 14.4 Å². The lowest BCUT2D eigenvalue weighted by molar-refractivity contribution is -0.139. The molecule has 0 aliphatic rings. The number of thioether (sulfide) groups is 1. The summed E-state index contributed by atoms with van der Waals surface area (Å²) in [4.78, 5) is 42.1. The lowest BCUT2D eigenvalue weighted by atomic mass is 9.97. The molecule has 0 radical (unpaired) electrons. The second kappa shape index (κ2) is 9.33. The monoisotopic (exact) mass is 374 g/mol. The van der Waals surface area contributed by atoms with E-state index in [-0.39, 0.29) is 23.5 Å². The van der Waals surface area contributed by atoms with Crippen LogP contribution >= 0.6 is 11.8 Å². The van der Waals surface area contributed by atoms with Crippen LogP contribution in [-0.2, 0) is 16.0 Å². The number of nitrogens with one attached hydrogen (secondary N) is 1. The van der Waals surface area contributed by atoms with Gasteiger partial charge < -0.3 is 9.72 Å². The zero-order valence-electron chi connectivity index (χ0n) is 15.1. The molecule has 0 spiro atoms. The first-order valence-corrected chi connectivity index (χ1v) is 9.34. The number of rotatable bonds is 8. The van der Waals surface area contributed by atoms with Crippen LogP contribution in [0.1, 0.15) is 47.8 Å². The Labute approximate surface area is 156 Å². The number of carbonyl (C=O) groups excluding carboxylic acids is 2. The minimum Gasteiger partial charge on any atom is -0.469 e. The van der Waals surface area contributed by atoms with Crippen molar-refractivity contribution in [3.63, 3.8) is 0 Å². The number of ketones is 1. The Hall–Kier alpha value is -2.41. The van der Waals surface area contributed by atoms with Crippen molar-refractivity contribution in [1.82, 2.24) is 9.97 Å². The molecular weight excluding hydrogens is 352 g/mol. The number of hydrogen-bond donors (Lipinski definition) is 1. The summed E-state index contributed by atoms with van der Waals surface area (Å²) in [6, 6.07) is 8.85. The van der Waals surface area contributed by atoms with E-state index in [0.29, 0.717) is 22.3 Å². The van der Waals surface area contributed by atoms with Crippen LogP contribution in [0.3, 0.4) is 0 Å². The Bertz CT molecular complexity index is 830. The van der Waals surface area contributed by atoms with Crippen LogP contribution in [0.2, 0.25) is 0 Å². The number of aromatic amines is 1. The Morgan fingerprint density at radius 1 is 1.27 bits per heavy atom. The summed E-state index contributed by atoms with van der Waals surface area (Å²) >= 11 is 1.13. The maximum absolute atomic E-state index is 12.3. The minimum atomic E-state index is -0.475. The first-order valence-electron chi connectivity index (χ1n) is 8.36. The quantitative estimate of drug-likeness (QED) is 0.331. The van der Waals surface area contributed by atoms with Crippen LogP contribution in [0.5, 0.6) is 0 Å². The van der Waals surface area contributed by atoms with Crippen LogP contribution in [0.25, 0.3) is 0 Å². The number of methoxy groups -OCH3 is 1. The molecule has 1 N–H and O–H groups in total. The summed E-state index contributed by atoms with van der Waals surface area (Å²) in [5, 5.41) is 0.306. The van der Waals surface area contributed by atoms with Gasteiger partial charge in [0.25, 0.3) is 5.56 Å². The van der Waals surface area contributed by atoms with Crippen molar-refractivity contribution in [3.05, 3.63) is 57.5 Å². The average molecular weight is 374 g/mol. The topological polar surface area (TPSA) is 89.1 Å². The van der Waals surface area contributed by atoms with Gasteiger partial charge in [0.2, 0.25) is 0 Å². The first-order chi connectivity index (χ1) is 12.4. The smallest absolute Gasteiger partial charge is 0.311 e. The molecule has 0 aliphatic carbocycles. The van der Waals surface area contributed by atoms with Crippen molar-refractivity contribution < 1.29 is 14.3 Å². The highest BCUT2D eigenvalue weighted by molar-refractivity contribution is 7.99. The van der Waals surface area contributed by atoms with Gasteiger partial charge in [-0.1, -0.05) is 49.9 Å². The standard InChI is InChI=1S/C19H22N2O4S/c1-4-12(2)13-5-7-14(8-6-13)16(22)11-26-19-20-15(9-17(23)21-19)10-18(24)25-3/h5-9,12H,4,10-11H2,1-3H3,(H,20,21,23)/t12-/m1/s1. The molecule has 0 unspecified atom stereocenters. The van der Waals surface area contributed by atoms with Gasteiger partial charge in [0.15, 0.2) is 10.9 Å². The number of benzene rings is 1. The van der Waals surface area contributed by atoms with Gasteiger partial charge >= 0.3 is 5.97 Å². The zero-order chi connectivity index (χ0) is 19.1. The van der Waals surface area contributed by atoms with Crippen LogP contribution in [0, 0.1) is 0 Å². The van der Waals surface area contributed by atoms with Crippen molar-refractivity contribution in [2.45, 2.75) is 37.8 Å². The number of Topliss-reactive ketones (excluding diaryl/α,β-unsaturated/α-hetero) is 1. The molecule has 138 valence electrons. The summed E-state index contributed by atoms with van der Waals surface area (Å²) < 4.78 is 4.57. The molecule has 26 heavy (non-hydrogen) atoms. The molecule has 1 heterocycles. The molecule has 2 rings (SSSR count). The van der Waals surface area contributed by atoms with E-state index in [4.69, 9.17) is 0 Å². The van der Waals surface area contributed by atoms with Crippen molar-refractivity contribution in [3.8, 4) is 0 Å². The van der Waals surface area contributed by atoms with E-state index in [9.17, 15) is 14.4 Å². The number of esters is 1. The molecule has 2 aromatic rings. The Balaban J connectivity index is 2.02. The number of H-pyrrole nitrogens is 1. The Morgan fingerprint density at radius 2 is 1.96 bits per heavy atom. The molecule has 0 bridgehead atoms. The molecule has 0 fully saturated rings. The average Bonchev–Trinajstić information content (AvgIpc) is 2.65. The summed E-state index contributed by atoms with van der Waals surface area (Å²) in [5.41, 5.74) is 1.77. The van der Waals surface area contributed by atoms with Crippen molar-refractivity contribution in [2.75, 3.05) is 12.9 Å². The van der Waals surface area contributed by atoms with Gasteiger partial charge in [-0.25, -0.2) is 4.98 Å². The van der Waals surface area contributed by atoms with Gasteiger partial charge in [-0.05, 0) is 17.9 Å². The number of hydrogen-bond acceptors (Lipinski definition) is 6. The molecule has 1 atom stereocenters. The summed E-state index contributed by atoms with van der Waals surface area (Å²) in [5.74, 6) is 0.0800. The SMILES string of the molecule is CC[C@@H](C)c1ccc(C(=O)CSc2nc(CC(=O)OC)cc(=O)[nH]2)cc1. The maximum atomic E-state index is 12.3. The van der Waals surface area contributed by atoms with E-state index in [1.54, 1.807) is 0 Å². The second-order valence-corrected chi connectivity index (χ2v) is 6.90. The summed E-state index contributed by atoms with van der Waals surface area (Å²) in [6.45, 7) is 4.28. The lowest BCUT2D eigenvalue weighted by Gasteiger charge is -2.09. The highest BCUT2D eigenvalue weighted by Crippen LogP contribution is 2.20. The number of carbonyl (C=O) groups is 2. The van der Waals surface area contributed by atoms with Gasteiger partial charge in [0.1, 0.15) is 0 Å². The van der Waals surface area contributed by atoms with Crippen molar-refractivity contribution in [2.24, 2.45) is 0 Å². The van der Waals surface area contributed by atoms with Crippen LogP contribution < -0.4 is 5.56 Å². The fourth-order valence-electron chi connectivity index (χ4n) is 2.31. The third-order valence-corrected chi connectivity index (χ3v) is 4.95. The molecule has 0 aliphatic heterocycles. The van der Waals surface area contributed by atoms with Crippen molar-refractivity contribution >= 4 is 23.5 Å². The highest BCUT2D eigenvalue weighted by Gasteiger charge is 2.11. The van der Waals surface area contributed by atoms with Gasteiger partial charge in [-0.15, -0.1) is 0 Å². The van der Waals surface area contributed by atoms with E-state index in [1.807, 2.05) is 24.3 Å². The molecule has 0 saturated carbocycles. The van der Waals surface area contributed by atoms with E-state index in [0.717, 1.165) is 18.2 Å². The van der Waals surface area contributed by atoms with E-state index >= 15 is 0 Å².